The molecule has 0 bridgehead atoms. The van der Waals surface area contributed by atoms with Crippen LogP contribution in [0.25, 0.3) is 0 Å². The molecule has 0 amide bonds. The molecule has 2 atom stereocenters. The summed E-state index contributed by atoms with van der Waals surface area (Å²) in [5, 5.41) is 12.8. The molecule has 0 heterocycles. The van der Waals surface area contributed by atoms with Crippen LogP contribution in [0.15, 0.2) is 0 Å². The second-order valence-corrected chi connectivity index (χ2v) is 4.38. The molecule has 0 radical (unpaired) electrons. The van der Waals surface area contributed by atoms with Crippen molar-refractivity contribution in [1.82, 2.24) is 5.32 Å². The van der Waals surface area contributed by atoms with E-state index in [1.807, 2.05) is 6.92 Å². The number of aliphatic hydroxyl groups is 1. The lowest BCUT2D eigenvalue weighted by atomic mass is 10.1. The van der Waals surface area contributed by atoms with Gasteiger partial charge in [-0.05, 0) is 38.6 Å². The van der Waals surface area contributed by atoms with Gasteiger partial charge in [-0.3, -0.25) is 0 Å². The molecule has 2 nitrogen and oxygen atoms in total. The first-order valence-electron chi connectivity index (χ1n) is 5.63. The van der Waals surface area contributed by atoms with Gasteiger partial charge in [0.05, 0.1) is 6.10 Å². The van der Waals surface area contributed by atoms with Crippen LogP contribution in [0.2, 0.25) is 0 Å². The Morgan fingerprint density at radius 2 is 2.15 bits per heavy atom. The van der Waals surface area contributed by atoms with E-state index in [-0.39, 0.29) is 6.10 Å². The SMILES string of the molecule is CCC(O)CCNC(C)CC1CC1. The molecule has 1 aliphatic carbocycles. The van der Waals surface area contributed by atoms with Crippen LogP contribution < -0.4 is 5.32 Å². The number of hydrogen-bond acceptors (Lipinski definition) is 2. The fraction of sp³-hybridized carbons (Fsp3) is 1.00. The van der Waals surface area contributed by atoms with Crippen LogP contribution in [0.4, 0.5) is 0 Å². The summed E-state index contributed by atoms with van der Waals surface area (Å²) in [6, 6.07) is 0.636. The summed E-state index contributed by atoms with van der Waals surface area (Å²) in [5.74, 6) is 0.999. The van der Waals surface area contributed by atoms with Gasteiger partial charge in [-0.25, -0.2) is 0 Å². The van der Waals surface area contributed by atoms with Crippen molar-refractivity contribution in [2.24, 2.45) is 5.92 Å². The van der Waals surface area contributed by atoms with E-state index in [9.17, 15) is 5.11 Å². The molecule has 0 saturated heterocycles. The minimum atomic E-state index is -0.111. The third kappa shape index (κ3) is 5.27. The van der Waals surface area contributed by atoms with Crippen molar-refractivity contribution in [3.05, 3.63) is 0 Å². The van der Waals surface area contributed by atoms with Gasteiger partial charge in [0.1, 0.15) is 0 Å². The lowest BCUT2D eigenvalue weighted by molar-refractivity contribution is 0.158. The molecular weight excluding hydrogens is 162 g/mol. The maximum Gasteiger partial charge on any atom is 0.0549 e. The molecule has 0 aromatic carbocycles. The quantitative estimate of drug-likeness (QED) is 0.635. The first kappa shape index (κ1) is 11.0. The summed E-state index contributed by atoms with van der Waals surface area (Å²) in [6.45, 7) is 5.23. The van der Waals surface area contributed by atoms with Crippen molar-refractivity contribution in [3.8, 4) is 0 Å². The smallest absolute Gasteiger partial charge is 0.0549 e. The van der Waals surface area contributed by atoms with Crippen molar-refractivity contribution < 1.29 is 5.11 Å². The summed E-state index contributed by atoms with van der Waals surface area (Å²) in [7, 11) is 0. The Hall–Kier alpha value is -0.0800. The molecule has 13 heavy (non-hydrogen) atoms. The van der Waals surface area contributed by atoms with Gasteiger partial charge < -0.3 is 10.4 Å². The molecule has 2 heteroatoms. The van der Waals surface area contributed by atoms with Gasteiger partial charge in [0.25, 0.3) is 0 Å². The summed E-state index contributed by atoms with van der Waals surface area (Å²) < 4.78 is 0. The molecule has 1 rings (SSSR count). The normalized spacial score (nSPS) is 21.5. The van der Waals surface area contributed by atoms with Crippen LogP contribution >= 0.6 is 0 Å². The lowest BCUT2D eigenvalue weighted by Crippen LogP contribution is -2.29. The molecule has 0 aliphatic heterocycles. The largest absolute Gasteiger partial charge is 0.393 e. The molecule has 2 N–H and O–H groups in total. The van der Waals surface area contributed by atoms with Gasteiger partial charge >= 0.3 is 0 Å². The van der Waals surface area contributed by atoms with E-state index < -0.39 is 0 Å². The maximum absolute atomic E-state index is 9.33. The number of hydrogen-bond donors (Lipinski definition) is 2. The van der Waals surface area contributed by atoms with E-state index in [4.69, 9.17) is 0 Å². The Kier molecular flexibility index (Phi) is 4.74. The number of rotatable bonds is 7. The number of aliphatic hydroxyl groups excluding tert-OH is 1. The van der Waals surface area contributed by atoms with Crippen molar-refractivity contribution in [2.45, 2.75) is 58.1 Å². The molecule has 1 fully saturated rings. The Morgan fingerprint density at radius 1 is 1.46 bits per heavy atom. The highest BCUT2D eigenvalue weighted by molar-refractivity contribution is 4.77. The maximum atomic E-state index is 9.33. The van der Waals surface area contributed by atoms with Crippen LogP contribution in [0.1, 0.15) is 46.0 Å². The Morgan fingerprint density at radius 3 is 2.69 bits per heavy atom. The third-order valence-electron chi connectivity index (χ3n) is 2.83. The van der Waals surface area contributed by atoms with E-state index in [1.54, 1.807) is 0 Å². The van der Waals surface area contributed by atoms with Crippen molar-refractivity contribution in [3.63, 3.8) is 0 Å². The van der Waals surface area contributed by atoms with Gasteiger partial charge in [-0.2, -0.15) is 0 Å². The van der Waals surface area contributed by atoms with E-state index in [2.05, 4.69) is 12.2 Å². The molecule has 0 aromatic rings. The molecule has 0 aromatic heterocycles. The zero-order valence-electron chi connectivity index (χ0n) is 8.92. The molecule has 1 saturated carbocycles. The van der Waals surface area contributed by atoms with Gasteiger partial charge in [-0.15, -0.1) is 0 Å². The zero-order chi connectivity index (χ0) is 9.68. The Balaban J connectivity index is 1.91. The predicted molar refractivity (Wildman–Crippen MR) is 55.7 cm³/mol. The van der Waals surface area contributed by atoms with Crippen LogP contribution in [-0.2, 0) is 0 Å². The van der Waals surface area contributed by atoms with Crippen molar-refractivity contribution in [2.75, 3.05) is 6.54 Å². The molecular formula is C11H23NO. The summed E-state index contributed by atoms with van der Waals surface area (Å²) in [4.78, 5) is 0. The highest BCUT2D eigenvalue weighted by atomic mass is 16.3. The van der Waals surface area contributed by atoms with Gasteiger partial charge in [-0.1, -0.05) is 19.8 Å². The minimum absolute atomic E-state index is 0.111. The van der Waals surface area contributed by atoms with E-state index in [1.165, 1.54) is 19.3 Å². The summed E-state index contributed by atoms with van der Waals surface area (Å²) >= 11 is 0. The van der Waals surface area contributed by atoms with Crippen LogP contribution in [0, 0.1) is 5.92 Å². The first-order valence-corrected chi connectivity index (χ1v) is 5.63. The van der Waals surface area contributed by atoms with Gasteiger partial charge in [0.15, 0.2) is 0 Å². The Labute approximate surface area is 81.7 Å². The van der Waals surface area contributed by atoms with Crippen molar-refractivity contribution >= 4 is 0 Å². The van der Waals surface area contributed by atoms with Crippen molar-refractivity contribution in [1.29, 1.82) is 0 Å². The minimum Gasteiger partial charge on any atom is -0.393 e. The van der Waals surface area contributed by atoms with Gasteiger partial charge in [0.2, 0.25) is 0 Å². The average molecular weight is 185 g/mol. The Bertz CT molecular complexity index is 134. The van der Waals surface area contributed by atoms with E-state index in [0.717, 1.165) is 25.3 Å². The van der Waals surface area contributed by atoms with E-state index >= 15 is 0 Å². The summed E-state index contributed by atoms with van der Waals surface area (Å²) in [5.41, 5.74) is 0. The second kappa shape index (κ2) is 5.61. The monoisotopic (exact) mass is 185 g/mol. The lowest BCUT2D eigenvalue weighted by Gasteiger charge is -2.14. The molecule has 0 spiro atoms. The fourth-order valence-corrected chi connectivity index (χ4v) is 1.64. The highest BCUT2D eigenvalue weighted by Crippen LogP contribution is 2.33. The van der Waals surface area contributed by atoms with E-state index in [0.29, 0.717) is 6.04 Å². The molecule has 1 aliphatic rings. The van der Waals surface area contributed by atoms with Crippen LogP contribution in [0.5, 0.6) is 0 Å². The highest BCUT2D eigenvalue weighted by Gasteiger charge is 2.23. The zero-order valence-corrected chi connectivity index (χ0v) is 8.92. The number of nitrogens with one attached hydrogen (secondary N) is 1. The van der Waals surface area contributed by atoms with Crippen LogP contribution in [0.3, 0.4) is 0 Å². The molecule has 2 unspecified atom stereocenters. The topological polar surface area (TPSA) is 32.3 Å². The third-order valence-corrected chi connectivity index (χ3v) is 2.83. The summed E-state index contributed by atoms with van der Waals surface area (Å²) in [6.07, 6.45) is 5.85. The second-order valence-electron chi connectivity index (χ2n) is 4.38. The van der Waals surface area contributed by atoms with Crippen LogP contribution in [-0.4, -0.2) is 23.8 Å². The molecule has 78 valence electrons. The van der Waals surface area contributed by atoms with Gasteiger partial charge in [0, 0.05) is 6.04 Å². The first-order chi connectivity index (χ1) is 6.22. The standard InChI is InChI=1S/C11H23NO/c1-3-11(13)6-7-12-9(2)8-10-4-5-10/h9-13H,3-8H2,1-2H3. The predicted octanol–water partition coefficient (Wildman–Crippen LogP) is 1.93. The average Bonchev–Trinajstić information content (AvgIpc) is 2.88. The fourth-order valence-electron chi connectivity index (χ4n) is 1.64.